The minimum atomic E-state index is -0.397. The Hall–Kier alpha value is -1.69. The van der Waals surface area contributed by atoms with E-state index in [0.29, 0.717) is 17.0 Å². The van der Waals surface area contributed by atoms with Crippen LogP contribution in [0.5, 0.6) is 0 Å². The van der Waals surface area contributed by atoms with Crippen molar-refractivity contribution in [3.05, 3.63) is 46.2 Å². The first-order valence-corrected chi connectivity index (χ1v) is 7.11. The number of rotatable bonds is 4. The predicted molar refractivity (Wildman–Crippen MR) is 78.6 cm³/mol. The van der Waals surface area contributed by atoms with Crippen molar-refractivity contribution in [2.45, 2.75) is 33.4 Å². The van der Waals surface area contributed by atoms with Crippen LogP contribution in [0.15, 0.2) is 29.3 Å². The van der Waals surface area contributed by atoms with E-state index in [2.05, 4.69) is 25.9 Å². The summed E-state index contributed by atoms with van der Waals surface area (Å²) in [6, 6.07) is 3.86. The van der Waals surface area contributed by atoms with Gasteiger partial charge in [-0.2, -0.15) is 0 Å². The number of nitrogens with zero attached hydrogens (tertiary/aromatic N) is 3. The van der Waals surface area contributed by atoms with Crippen LogP contribution in [-0.2, 0) is 11.3 Å². The van der Waals surface area contributed by atoms with Crippen molar-refractivity contribution in [2.75, 3.05) is 0 Å². The number of halogens is 1. The molecule has 0 fully saturated rings. The SMILES string of the molecule is Cc1c(C(=O)OC(C)C)nc(Br)n1Cc1ccncc1. The molecule has 2 rings (SSSR count). The third-order valence-corrected chi connectivity index (χ3v) is 3.41. The van der Waals surface area contributed by atoms with E-state index in [-0.39, 0.29) is 6.10 Å². The van der Waals surface area contributed by atoms with Crippen LogP contribution in [0.1, 0.15) is 35.6 Å². The lowest BCUT2D eigenvalue weighted by atomic mass is 10.2. The maximum Gasteiger partial charge on any atom is 0.359 e. The number of carbonyl (C=O) groups excluding carboxylic acids is 1. The highest BCUT2D eigenvalue weighted by molar-refractivity contribution is 9.10. The first-order valence-electron chi connectivity index (χ1n) is 6.31. The molecule has 0 saturated heterocycles. The fraction of sp³-hybridized carbons (Fsp3) is 0.357. The molecule has 2 aromatic heterocycles. The second kappa shape index (κ2) is 6.17. The van der Waals surface area contributed by atoms with Crippen molar-refractivity contribution in [3.8, 4) is 0 Å². The molecule has 2 aromatic rings. The van der Waals surface area contributed by atoms with Gasteiger partial charge in [-0.15, -0.1) is 0 Å². The molecule has 0 aliphatic rings. The molecule has 0 amide bonds. The van der Waals surface area contributed by atoms with Crippen molar-refractivity contribution < 1.29 is 9.53 Å². The van der Waals surface area contributed by atoms with E-state index in [4.69, 9.17) is 4.74 Å². The molecule has 106 valence electrons. The van der Waals surface area contributed by atoms with E-state index in [1.165, 1.54) is 0 Å². The third-order valence-electron chi connectivity index (χ3n) is 2.80. The molecule has 0 unspecified atom stereocenters. The van der Waals surface area contributed by atoms with Crippen LogP contribution in [0.3, 0.4) is 0 Å². The van der Waals surface area contributed by atoms with Crippen LogP contribution in [-0.4, -0.2) is 26.6 Å². The normalized spacial score (nSPS) is 10.8. The highest BCUT2D eigenvalue weighted by Crippen LogP contribution is 2.19. The Morgan fingerprint density at radius 1 is 1.40 bits per heavy atom. The third kappa shape index (κ3) is 3.25. The summed E-state index contributed by atoms with van der Waals surface area (Å²) in [6.07, 6.45) is 3.32. The zero-order valence-corrected chi connectivity index (χ0v) is 13.2. The largest absolute Gasteiger partial charge is 0.458 e. The smallest absolute Gasteiger partial charge is 0.359 e. The lowest BCUT2D eigenvalue weighted by Gasteiger charge is -2.08. The molecular formula is C14H16BrN3O2. The summed E-state index contributed by atoms with van der Waals surface area (Å²) in [5, 5.41) is 0. The van der Waals surface area contributed by atoms with Crippen LogP contribution < -0.4 is 0 Å². The van der Waals surface area contributed by atoms with Gasteiger partial charge in [0.05, 0.1) is 11.8 Å². The number of pyridine rings is 1. The van der Waals surface area contributed by atoms with Crippen molar-refractivity contribution in [2.24, 2.45) is 0 Å². The van der Waals surface area contributed by atoms with Crippen LogP contribution in [0.4, 0.5) is 0 Å². The Morgan fingerprint density at radius 2 is 2.05 bits per heavy atom. The van der Waals surface area contributed by atoms with Gasteiger partial charge in [-0.1, -0.05) is 0 Å². The second-order valence-electron chi connectivity index (χ2n) is 4.71. The molecule has 6 heteroatoms. The van der Waals surface area contributed by atoms with Gasteiger partial charge >= 0.3 is 5.97 Å². The Morgan fingerprint density at radius 3 is 2.65 bits per heavy atom. The Bertz CT molecular complexity index is 608. The number of hydrogen-bond acceptors (Lipinski definition) is 4. The Balaban J connectivity index is 2.27. The number of aromatic nitrogens is 3. The molecule has 0 aliphatic heterocycles. The number of esters is 1. The molecular weight excluding hydrogens is 322 g/mol. The zero-order valence-electron chi connectivity index (χ0n) is 11.6. The maximum atomic E-state index is 12.0. The van der Waals surface area contributed by atoms with E-state index < -0.39 is 5.97 Å². The molecule has 0 atom stereocenters. The molecule has 20 heavy (non-hydrogen) atoms. The van der Waals surface area contributed by atoms with Crippen molar-refractivity contribution in [1.82, 2.24) is 14.5 Å². The molecule has 5 nitrogen and oxygen atoms in total. The molecule has 0 spiro atoms. The Kier molecular flexibility index (Phi) is 4.54. The predicted octanol–water partition coefficient (Wildman–Crippen LogP) is 2.96. The van der Waals surface area contributed by atoms with E-state index in [0.717, 1.165) is 11.3 Å². The van der Waals surface area contributed by atoms with E-state index in [1.54, 1.807) is 12.4 Å². The molecule has 0 N–H and O–H groups in total. The number of carbonyl (C=O) groups is 1. The van der Waals surface area contributed by atoms with Crippen LogP contribution in [0.25, 0.3) is 0 Å². The fourth-order valence-electron chi connectivity index (χ4n) is 1.82. The summed E-state index contributed by atoms with van der Waals surface area (Å²) < 4.78 is 7.73. The van der Waals surface area contributed by atoms with Crippen LogP contribution in [0.2, 0.25) is 0 Å². The number of ether oxygens (including phenoxy) is 1. The lowest BCUT2D eigenvalue weighted by molar-refractivity contribution is 0.0370. The average molecular weight is 338 g/mol. The van der Waals surface area contributed by atoms with Crippen molar-refractivity contribution in [3.63, 3.8) is 0 Å². The van der Waals surface area contributed by atoms with Gasteiger partial charge in [-0.3, -0.25) is 4.98 Å². The van der Waals surface area contributed by atoms with Gasteiger partial charge in [0.25, 0.3) is 0 Å². The molecule has 0 bridgehead atoms. The maximum absolute atomic E-state index is 12.0. The lowest BCUT2D eigenvalue weighted by Crippen LogP contribution is -2.13. The highest BCUT2D eigenvalue weighted by atomic mass is 79.9. The summed E-state index contributed by atoms with van der Waals surface area (Å²) in [7, 11) is 0. The van der Waals surface area contributed by atoms with Crippen molar-refractivity contribution >= 4 is 21.9 Å². The summed E-state index contributed by atoms with van der Waals surface area (Å²) in [5.41, 5.74) is 2.21. The van der Waals surface area contributed by atoms with E-state index in [1.807, 2.05) is 37.5 Å². The van der Waals surface area contributed by atoms with Crippen LogP contribution in [0, 0.1) is 6.92 Å². The average Bonchev–Trinajstić information content (AvgIpc) is 2.67. The first-order chi connectivity index (χ1) is 9.49. The molecule has 0 aliphatic carbocycles. The standard InChI is InChI=1S/C14H16BrN3O2/c1-9(2)20-13(19)12-10(3)18(14(15)17-12)8-11-4-6-16-7-5-11/h4-7,9H,8H2,1-3H3. The summed E-state index contributed by atoms with van der Waals surface area (Å²) in [4.78, 5) is 20.2. The Labute approximate surface area is 126 Å². The topological polar surface area (TPSA) is 57.0 Å². The van der Waals surface area contributed by atoms with Gasteiger partial charge in [-0.05, 0) is 54.4 Å². The molecule has 0 saturated carbocycles. The number of hydrogen-bond donors (Lipinski definition) is 0. The first kappa shape index (κ1) is 14.7. The highest BCUT2D eigenvalue weighted by Gasteiger charge is 2.20. The van der Waals surface area contributed by atoms with Gasteiger partial charge in [0, 0.05) is 18.9 Å². The van der Waals surface area contributed by atoms with Gasteiger partial charge < -0.3 is 9.30 Å². The second-order valence-corrected chi connectivity index (χ2v) is 5.42. The van der Waals surface area contributed by atoms with Crippen LogP contribution >= 0.6 is 15.9 Å². The van der Waals surface area contributed by atoms with Gasteiger partial charge in [0.1, 0.15) is 0 Å². The minimum Gasteiger partial charge on any atom is -0.458 e. The zero-order chi connectivity index (χ0) is 14.7. The summed E-state index contributed by atoms with van der Waals surface area (Å²) in [6.45, 7) is 6.11. The van der Waals surface area contributed by atoms with E-state index in [9.17, 15) is 4.79 Å². The molecule has 2 heterocycles. The molecule has 0 radical (unpaired) electrons. The van der Waals surface area contributed by atoms with Gasteiger partial charge in [-0.25, -0.2) is 9.78 Å². The van der Waals surface area contributed by atoms with Gasteiger partial charge in [0.2, 0.25) is 0 Å². The van der Waals surface area contributed by atoms with E-state index >= 15 is 0 Å². The molecule has 0 aromatic carbocycles. The summed E-state index contributed by atoms with van der Waals surface area (Å²) in [5.74, 6) is -0.397. The fourth-order valence-corrected chi connectivity index (χ4v) is 2.39. The number of imidazole rings is 1. The van der Waals surface area contributed by atoms with Gasteiger partial charge in [0.15, 0.2) is 10.4 Å². The monoisotopic (exact) mass is 337 g/mol. The summed E-state index contributed by atoms with van der Waals surface area (Å²) >= 11 is 3.39. The minimum absolute atomic E-state index is 0.161. The van der Waals surface area contributed by atoms with Crippen molar-refractivity contribution in [1.29, 1.82) is 0 Å². The quantitative estimate of drug-likeness (QED) is 0.805.